The number of piperidine rings is 1. The van der Waals surface area contributed by atoms with Gasteiger partial charge < -0.3 is 4.90 Å². The van der Waals surface area contributed by atoms with Gasteiger partial charge in [-0.25, -0.2) is 0 Å². The van der Waals surface area contributed by atoms with Gasteiger partial charge in [-0.3, -0.25) is 4.79 Å². The van der Waals surface area contributed by atoms with Crippen LogP contribution in [0, 0.1) is 0 Å². The molecular weight excluding hydrogens is 162 g/mol. The van der Waals surface area contributed by atoms with Crippen LogP contribution in [0.4, 0.5) is 0 Å². The lowest BCUT2D eigenvalue weighted by atomic mass is 10.1. The summed E-state index contributed by atoms with van der Waals surface area (Å²) >= 11 is 0. The third kappa shape index (κ3) is 2.00. The Labute approximate surface area is 78.9 Å². The highest BCUT2D eigenvalue weighted by atomic mass is 16.1. The molecule has 1 aliphatic heterocycles. The lowest BCUT2D eigenvalue weighted by molar-refractivity contribution is -0.113. The fraction of sp³-hybridized carbons (Fsp3) is 0.545. The van der Waals surface area contributed by atoms with Crippen LogP contribution in [0.25, 0.3) is 0 Å². The van der Waals surface area contributed by atoms with Gasteiger partial charge in [0, 0.05) is 25.2 Å². The molecule has 2 aliphatic rings. The molecule has 2 rings (SSSR count). The number of hydrogen-bond acceptors (Lipinski definition) is 2. The van der Waals surface area contributed by atoms with Crippen LogP contribution in [0.3, 0.4) is 0 Å². The van der Waals surface area contributed by atoms with Crippen molar-refractivity contribution in [3.63, 3.8) is 0 Å². The first-order valence-corrected chi connectivity index (χ1v) is 5.02. The van der Waals surface area contributed by atoms with Crippen molar-refractivity contribution in [1.29, 1.82) is 0 Å². The zero-order valence-corrected chi connectivity index (χ0v) is 7.83. The molecule has 1 saturated heterocycles. The van der Waals surface area contributed by atoms with Crippen LogP contribution in [0.15, 0.2) is 23.9 Å². The Morgan fingerprint density at radius 3 is 2.46 bits per heavy atom. The number of likely N-dealkylation sites (tertiary alicyclic amines) is 1. The molecule has 13 heavy (non-hydrogen) atoms. The molecule has 0 radical (unpaired) electrons. The number of allylic oxidation sites excluding steroid dienone is 3. The monoisotopic (exact) mass is 177 g/mol. The highest BCUT2D eigenvalue weighted by Crippen LogP contribution is 2.18. The number of carbonyl (C=O) groups excluding carboxylic acids is 1. The lowest BCUT2D eigenvalue weighted by Gasteiger charge is -2.30. The second-order valence-electron chi connectivity index (χ2n) is 3.68. The van der Waals surface area contributed by atoms with E-state index in [9.17, 15) is 4.79 Å². The van der Waals surface area contributed by atoms with Crippen molar-refractivity contribution in [2.24, 2.45) is 0 Å². The van der Waals surface area contributed by atoms with Crippen LogP contribution in [-0.4, -0.2) is 23.8 Å². The minimum atomic E-state index is 0.223. The predicted octanol–water partition coefficient (Wildman–Crippen LogP) is 1.89. The molecule has 0 N–H and O–H groups in total. The molecule has 70 valence electrons. The summed E-state index contributed by atoms with van der Waals surface area (Å²) in [7, 11) is 0. The summed E-state index contributed by atoms with van der Waals surface area (Å²) in [6.45, 7) is 2.31. The van der Waals surface area contributed by atoms with E-state index >= 15 is 0 Å². The zero-order chi connectivity index (χ0) is 9.10. The molecule has 0 unspecified atom stereocenters. The van der Waals surface area contributed by atoms with E-state index in [1.807, 2.05) is 12.2 Å². The normalized spacial score (nSPS) is 23.2. The highest BCUT2D eigenvalue weighted by molar-refractivity contribution is 5.92. The van der Waals surface area contributed by atoms with Gasteiger partial charge in [-0.2, -0.15) is 0 Å². The smallest absolute Gasteiger partial charge is 0.159 e. The van der Waals surface area contributed by atoms with E-state index in [1.54, 1.807) is 6.08 Å². The van der Waals surface area contributed by atoms with Crippen molar-refractivity contribution in [2.45, 2.75) is 25.7 Å². The summed E-state index contributed by atoms with van der Waals surface area (Å²) in [4.78, 5) is 13.3. The van der Waals surface area contributed by atoms with Crippen LogP contribution in [0.5, 0.6) is 0 Å². The van der Waals surface area contributed by atoms with Crippen molar-refractivity contribution in [3.05, 3.63) is 23.9 Å². The molecule has 0 aromatic rings. The predicted molar refractivity (Wildman–Crippen MR) is 52.3 cm³/mol. The van der Waals surface area contributed by atoms with Gasteiger partial charge in [-0.05, 0) is 31.4 Å². The maximum absolute atomic E-state index is 10.9. The quantitative estimate of drug-likeness (QED) is 0.609. The van der Waals surface area contributed by atoms with Crippen molar-refractivity contribution in [3.8, 4) is 0 Å². The molecule has 1 aliphatic carbocycles. The van der Waals surface area contributed by atoms with Crippen molar-refractivity contribution in [1.82, 2.24) is 4.90 Å². The van der Waals surface area contributed by atoms with Crippen LogP contribution in [-0.2, 0) is 4.79 Å². The Morgan fingerprint density at radius 1 is 1.08 bits per heavy atom. The van der Waals surface area contributed by atoms with E-state index in [4.69, 9.17) is 0 Å². The third-order valence-electron chi connectivity index (χ3n) is 2.67. The van der Waals surface area contributed by atoms with Gasteiger partial charge >= 0.3 is 0 Å². The van der Waals surface area contributed by atoms with Gasteiger partial charge in [0.25, 0.3) is 0 Å². The van der Waals surface area contributed by atoms with Gasteiger partial charge in [-0.1, -0.05) is 6.08 Å². The molecule has 2 heteroatoms. The fourth-order valence-corrected chi connectivity index (χ4v) is 1.91. The molecule has 0 amide bonds. The minimum Gasteiger partial charge on any atom is -0.372 e. The van der Waals surface area contributed by atoms with Gasteiger partial charge in [0.2, 0.25) is 0 Å². The molecule has 0 atom stereocenters. The number of rotatable bonds is 1. The van der Waals surface area contributed by atoms with Crippen LogP contribution in [0.1, 0.15) is 25.7 Å². The topological polar surface area (TPSA) is 20.3 Å². The van der Waals surface area contributed by atoms with E-state index in [1.165, 1.54) is 25.0 Å². The summed E-state index contributed by atoms with van der Waals surface area (Å²) in [5.41, 5.74) is 1.25. The Balaban J connectivity index is 2.00. The summed E-state index contributed by atoms with van der Waals surface area (Å²) < 4.78 is 0. The van der Waals surface area contributed by atoms with Crippen LogP contribution >= 0.6 is 0 Å². The van der Waals surface area contributed by atoms with Crippen LogP contribution < -0.4 is 0 Å². The van der Waals surface area contributed by atoms with Gasteiger partial charge in [-0.15, -0.1) is 0 Å². The Hall–Kier alpha value is -1.05. The van der Waals surface area contributed by atoms with Gasteiger partial charge in [0.15, 0.2) is 5.78 Å². The first-order valence-electron chi connectivity index (χ1n) is 5.02. The Morgan fingerprint density at radius 2 is 1.85 bits per heavy atom. The Bertz CT molecular complexity index is 259. The molecule has 0 saturated carbocycles. The Kier molecular flexibility index (Phi) is 2.48. The molecular formula is C11H15NO. The standard InChI is InChI=1S/C11H15NO/c13-11-6-4-10(5-7-11)12-8-2-1-3-9-12/h4-6H,1-3,7-9H2. The fourth-order valence-electron chi connectivity index (χ4n) is 1.91. The lowest BCUT2D eigenvalue weighted by Crippen LogP contribution is -2.29. The third-order valence-corrected chi connectivity index (χ3v) is 2.67. The van der Waals surface area contributed by atoms with E-state index in [2.05, 4.69) is 4.90 Å². The first kappa shape index (κ1) is 8.54. The van der Waals surface area contributed by atoms with E-state index in [0.717, 1.165) is 13.1 Å². The molecule has 0 spiro atoms. The molecule has 2 nitrogen and oxygen atoms in total. The number of carbonyl (C=O) groups is 1. The average Bonchev–Trinajstić information content (AvgIpc) is 2.20. The second kappa shape index (κ2) is 3.77. The van der Waals surface area contributed by atoms with Crippen molar-refractivity contribution in [2.75, 3.05) is 13.1 Å². The van der Waals surface area contributed by atoms with Gasteiger partial charge in [0.05, 0.1) is 0 Å². The van der Waals surface area contributed by atoms with E-state index < -0.39 is 0 Å². The van der Waals surface area contributed by atoms with E-state index in [0.29, 0.717) is 6.42 Å². The summed E-state index contributed by atoms with van der Waals surface area (Å²) in [6, 6.07) is 0. The number of hydrogen-bond donors (Lipinski definition) is 0. The van der Waals surface area contributed by atoms with Crippen molar-refractivity contribution < 1.29 is 4.79 Å². The molecule has 0 bridgehead atoms. The summed E-state index contributed by atoms with van der Waals surface area (Å²) in [6.07, 6.45) is 10.2. The maximum Gasteiger partial charge on any atom is 0.159 e. The van der Waals surface area contributed by atoms with Crippen molar-refractivity contribution >= 4 is 5.78 Å². The zero-order valence-electron chi connectivity index (χ0n) is 7.83. The maximum atomic E-state index is 10.9. The SMILES string of the molecule is O=C1C=CC(N2CCCCC2)=CC1. The van der Waals surface area contributed by atoms with Gasteiger partial charge in [0.1, 0.15) is 0 Å². The minimum absolute atomic E-state index is 0.223. The number of nitrogens with zero attached hydrogens (tertiary/aromatic N) is 1. The molecule has 1 fully saturated rings. The molecule has 0 aromatic heterocycles. The summed E-state index contributed by atoms with van der Waals surface area (Å²) in [5, 5.41) is 0. The second-order valence-corrected chi connectivity index (χ2v) is 3.68. The molecule has 1 heterocycles. The van der Waals surface area contributed by atoms with E-state index in [-0.39, 0.29) is 5.78 Å². The molecule has 0 aromatic carbocycles. The number of ketones is 1. The average molecular weight is 177 g/mol. The largest absolute Gasteiger partial charge is 0.372 e. The summed E-state index contributed by atoms with van der Waals surface area (Å²) in [5.74, 6) is 0.223. The first-order chi connectivity index (χ1) is 6.36. The van der Waals surface area contributed by atoms with Crippen LogP contribution in [0.2, 0.25) is 0 Å². The highest BCUT2D eigenvalue weighted by Gasteiger charge is 2.13.